The van der Waals surface area contributed by atoms with Crippen LogP contribution in [0.5, 0.6) is 0 Å². The predicted molar refractivity (Wildman–Crippen MR) is 64.2 cm³/mol. The summed E-state index contributed by atoms with van der Waals surface area (Å²) < 4.78 is 0. The normalized spacial score (nSPS) is 15.3. The first kappa shape index (κ1) is 14.2. The van der Waals surface area contributed by atoms with Crippen molar-refractivity contribution in [3.8, 4) is 0 Å². The van der Waals surface area contributed by atoms with E-state index in [0.717, 1.165) is 19.3 Å². The first-order valence-corrected chi connectivity index (χ1v) is 5.69. The Kier molecular flexibility index (Phi) is 6.32. The Morgan fingerprint density at radius 3 is 2.47 bits per heavy atom. The fourth-order valence-corrected chi connectivity index (χ4v) is 1.84. The van der Waals surface area contributed by atoms with E-state index in [2.05, 4.69) is 38.2 Å². The molecule has 0 aliphatic rings. The van der Waals surface area contributed by atoms with Crippen LogP contribution in [0.4, 0.5) is 0 Å². The molecule has 0 spiro atoms. The number of nitrogens with one attached hydrogen (secondary N) is 1. The van der Waals surface area contributed by atoms with Crippen LogP contribution in [0.25, 0.3) is 0 Å². The van der Waals surface area contributed by atoms with Crippen molar-refractivity contribution in [1.82, 2.24) is 5.32 Å². The Morgan fingerprint density at radius 2 is 2.07 bits per heavy atom. The van der Waals surface area contributed by atoms with Crippen LogP contribution in [0.3, 0.4) is 0 Å². The zero-order valence-corrected chi connectivity index (χ0v) is 10.4. The van der Waals surface area contributed by atoms with Gasteiger partial charge in [-0.15, -0.1) is 0 Å². The van der Waals surface area contributed by atoms with Crippen LogP contribution >= 0.6 is 0 Å². The van der Waals surface area contributed by atoms with Gasteiger partial charge in [0.2, 0.25) is 0 Å². The van der Waals surface area contributed by atoms with Gasteiger partial charge in [0, 0.05) is 18.0 Å². The second kappa shape index (κ2) is 6.67. The summed E-state index contributed by atoms with van der Waals surface area (Å²) in [5, 5.41) is 15.1. The van der Waals surface area contributed by atoms with Crippen LogP contribution in [0, 0.1) is 0 Å². The average Bonchev–Trinajstić information content (AvgIpc) is 2.16. The van der Waals surface area contributed by atoms with Crippen molar-refractivity contribution in [2.24, 2.45) is 10.9 Å². The molecule has 4 heteroatoms. The van der Waals surface area contributed by atoms with Crippen LogP contribution in [-0.4, -0.2) is 22.6 Å². The van der Waals surface area contributed by atoms with Gasteiger partial charge in [0.05, 0.1) is 0 Å². The number of hydrogen-bond donors (Lipinski definition) is 3. The van der Waals surface area contributed by atoms with Crippen molar-refractivity contribution in [2.45, 2.75) is 65.0 Å². The van der Waals surface area contributed by atoms with Gasteiger partial charge in [-0.1, -0.05) is 25.4 Å². The third kappa shape index (κ3) is 6.33. The SMILES string of the molecule is CCCC(C)(C)NC(CC)CC(N)=NO. The van der Waals surface area contributed by atoms with E-state index in [4.69, 9.17) is 10.9 Å². The minimum absolute atomic E-state index is 0.116. The molecular formula is C11H25N3O. The molecule has 0 aromatic rings. The zero-order chi connectivity index (χ0) is 11.9. The molecule has 1 unspecified atom stereocenters. The van der Waals surface area contributed by atoms with E-state index in [1.54, 1.807) is 0 Å². The molecule has 15 heavy (non-hydrogen) atoms. The van der Waals surface area contributed by atoms with Gasteiger partial charge < -0.3 is 16.3 Å². The third-order valence-electron chi connectivity index (χ3n) is 2.55. The third-order valence-corrected chi connectivity index (χ3v) is 2.55. The summed E-state index contributed by atoms with van der Waals surface area (Å²) in [6, 6.07) is 0.280. The van der Waals surface area contributed by atoms with E-state index in [9.17, 15) is 0 Å². The van der Waals surface area contributed by atoms with Crippen molar-refractivity contribution in [3.63, 3.8) is 0 Å². The number of nitrogens with zero attached hydrogens (tertiary/aromatic N) is 1. The quantitative estimate of drug-likeness (QED) is 0.263. The molecule has 0 aliphatic heterocycles. The molecule has 4 nitrogen and oxygen atoms in total. The van der Waals surface area contributed by atoms with Crippen LogP contribution in [-0.2, 0) is 0 Å². The molecule has 1 atom stereocenters. The lowest BCUT2D eigenvalue weighted by Gasteiger charge is -2.31. The van der Waals surface area contributed by atoms with Crippen LogP contribution in [0.1, 0.15) is 53.4 Å². The Balaban J connectivity index is 4.20. The molecule has 0 aromatic carbocycles. The smallest absolute Gasteiger partial charge is 0.140 e. The lowest BCUT2D eigenvalue weighted by molar-refractivity contribution is 0.298. The molecule has 0 amide bonds. The molecule has 0 bridgehead atoms. The number of oxime groups is 1. The second-order valence-corrected chi connectivity index (χ2v) is 4.68. The summed E-state index contributed by atoms with van der Waals surface area (Å²) in [5.41, 5.74) is 5.62. The summed E-state index contributed by atoms with van der Waals surface area (Å²) in [6.45, 7) is 8.65. The van der Waals surface area contributed by atoms with Crippen molar-refractivity contribution >= 4 is 5.84 Å². The van der Waals surface area contributed by atoms with Crippen LogP contribution < -0.4 is 11.1 Å². The molecule has 4 N–H and O–H groups in total. The molecule has 0 aliphatic carbocycles. The molecule has 0 heterocycles. The van der Waals surface area contributed by atoms with Gasteiger partial charge in [0.25, 0.3) is 0 Å². The number of amidine groups is 1. The molecule has 0 saturated carbocycles. The zero-order valence-electron chi connectivity index (χ0n) is 10.4. The molecule has 0 radical (unpaired) electrons. The van der Waals surface area contributed by atoms with Gasteiger partial charge in [0.15, 0.2) is 0 Å². The fourth-order valence-electron chi connectivity index (χ4n) is 1.84. The number of hydrogen-bond acceptors (Lipinski definition) is 3. The first-order chi connectivity index (χ1) is 6.95. The summed E-state index contributed by atoms with van der Waals surface area (Å²) >= 11 is 0. The Morgan fingerprint density at radius 1 is 1.47 bits per heavy atom. The van der Waals surface area contributed by atoms with E-state index < -0.39 is 0 Å². The van der Waals surface area contributed by atoms with Crippen molar-refractivity contribution in [1.29, 1.82) is 0 Å². The fraction of sp³-hybridized carbons (Fsp3) is 0.909. The first-order valence-electron chi connectivity index (χ1n) is 5.69. The lowest BCUT2D eigenvalue weighted by atomic mass is 9.96. The summed E-state index contributed by atoms with van der Waals surface area (Å²) in [4.78, 5) is 0. The van der Waals surface area contributed by atoms with Gasteiger partial charge >= 0.3 is 0 Å². The van der Waals surface area contributed by atoms with Gasteiger partial charge in [-0.2, -0.15) is 0 Å². The average molecular weight is 215 g/mol. The molecule has 90 valence electrons. The molecular weight excluding hydrogens is 190 g/mol. The number of rotatable bonds is 7. The van der Waals surface area contributed by atoms with Crippen LogP contribution in [0.15, 0.2) is 5.16 Å². The highest BCUT2D eigenvalue weighted by molar-refractivity contribution is 5.80. The molecule has 0 rings (SSSR count). The maximum atomic E-state index is 8.52. The lowest BCUT2D eigenvalue weighted by Crippen LogP contribution is -2.47. The van der Waals surface area contributed by atoms with Crippen LogP contribution in [0.2, 0.25) is 0 Å². The minimum atomic E-state index is 0.116. The molecule has 0 aromatic heterocycles. The maximum absolute atomic E-state index is 8.52. The largest absolute Gasteiger partial charge is 0.409 e. The highest BCUT2D eigenvalue weighted by Gasteiger charge is 2.20. The predicted octanol–water partition coefficient (Wildman–Crippen LogP) is 2.07. The summed E-state index contributed by atoms with van der Waals surface area (Å²) in [6.07, 6.45) is 3.85. The monoisotopic (exact) mass is 215 g/mol. The molecule has 0 saturated heterocycles. The van der Waals surface area contributed by atoms with Gasteiger partial charge in [-0.05, 0) is 26.7 Å². The Hall–Kier alpha value is -0.770. The van der Waals surface area contributed by atoms with E-state index in [-0.39, 0.29) is 11.6 Å². The second-order valence-electron chi connectivity index (χ2n) is 4.68. The maximum Gasteiger partial charge on any atom is 0.140 e. The standard InChI is InChI=1S/C11H25N3O/c1-5-7-11(3,4)13-9(6-2)8-10(12)14-15/h9,13,15H,5-8H2,1-4H3,(H2,12,14). The Bertz CT molecular complexity index is 202. The summed E-state index contributed by atoms with van der Waals surface area (Å²) in [5.74, 6) is 0.293. The minimum Gasteiger partial charge on any atom is -0.409 e. The van der Waals surface area contributed by atoms with E-state index in [1.165, 1.54) is 0 Å². The van der Waals surface area contributed by atoms with Gasteiger partial charge in [-0.25, -0.2) is 0 Å². The summed E-state index contributed by atoms with van der Waals surface area (Å²) in [7, 11) is 0. The highest BCUT2D eigenvalue weighted by Crippen LogP contribution is 2.14. The van der Waals surface area contributed by atoms with E-state index >= 15 is 0 Å². The molecule has 0 fully saturated rings. The van der Waals surface area contributed by atoms with Crippen molar-refractivity contribution in [2.75, 3.05) is 0 Å². The van der Waals surface area contributed by atoms with Gasteiger partial charge in [-0.3, -0.25) is 0 Å². The topological polar surface area (TPSA) is 70.6 Å². The van der Waals surface area contributed by atoms with E-state index in [1.807, 2.05) is 0 Å². The Labute approximate surface area is 92.9 Å². The number of nitrogens with two attached hydrogens (primary N) is 1. The van der Waals surface area contributed by atoms with E-state index in [0.29, 0.717) is 12.3 Å². The highest BCUT2D eigenvalue weighted by atomic mass is 16.4. The van der Waals surface area contributed by atoms with Gasteiger partial charge in [0.1, 0.15) is 5.84 Å². The van der Waals surface area contributed by atoms with Crippen molar-refractivity contribution in [3.05, 3.63) is 0 Å². The van der Waals surface area contributed by atoms with Crippen molar-refractivity contribution < 1.29 is 5.21 Å².